The number of hydrogen-bond donors (Lipinski definition) is 2. The van der Waals surface area contributed by atoms with E-state index in [9.17, 15) is 9.59 Å². The van der Waals surface area contributed by atoms with E-state index >= 15 is 0 Å². The van der Waals surface area contributed by atoms with E-state index in [0.717, 1.165) is 18.4 Å². The molecule has 5 heteroatoms. The zero-order chi connectivity index (χ0) is 14.5. The summed E-state index contributed by atoms with van der Waals surface area (Å²) in [4.78, 5) is 23.1. The standard InChI is InChI=1S/C15H20N2O3/c1-10(14(18)17-13-7-8-13)16-9-11-3-5-12(6-4-11)15(19)20-2/h3-6,10,13,16H,7-9H2,1-2H3,(H,17,18). The van der Waals surface area contributed by atoms with Gasteiger partial charge in [-0.25, -0.2) is 4.79 Å². The van der Waals surface area contributed by atoms with Crippen LogP contribution in [0.25, 0.3) is 0 Å². The number of amides is 1. The van der Waals surface area contributed by atoms with Crippen molar-refractivity contribution in [3.05, 3.63) is 35.4 Å². The molecule has 0 aliphatic heterocycles. The van der Waals surface area contributed by atoms with Crippen molar-refractivity contribution in [3.63, 3.8) is 0 Å². The highest BCUT2D eigenvalue weighted by molar-refractivity contribution is 5.89. The van der Waals surface area contributed by atoms with Gasteiger partial charge in [0.25, 0.3) is 0 Å². The summed E-state index contributed by atoms with van der Waals surface area (Å²) in [6.07, 6.45) is 2.18. The van der Waals surface area contributed by atoms with Gasteiger partial charge < -0.3 is 15.4 Å². The molecule has 1 atom stereocenters. The highest BCUT2D eigenvalue weighted by Gasteiger charge is 2.25. The molecule has 1 fully saturated rings. The Bertz CT molecular complexity index is 480. The molecule has 1 amide bonds. The Morgan fingerprint density at radius 1 is 1.30 bits per heavy atom. The summed E-state index contributed by atoms with van der Waals surface area (Å²) in [6.45, 7) is 2.43. The lowest BCUT2D eigenvalue weighted by Gasteiger charge is -2.13. The van der Waals surface area contributed by atoms with Crippen molar-refractivity contribution in [1.29, 1.82) is 0 Å². The Morgan fingerprint density at radius 3 is 2.50 bits per heavy atom. The average Bonchev–Trinajstić information content (AvgIpc) is 3.28. The quantitative estimate of drug-likeness (QED) is 0.767. The Kier molecular flexibility index (Phi) is 4.74. The first kappa shape index (κ1) is 14.5. The molecule has 0 radical (unpaired) electrons. The van der Waals surface area contributed by atoms with Crippen LogP contribution in [-0.4, -0.2) is 31.1 Å². The van der Waals surface area contributed by atoms with Crippen LogP contribution in [0, 0.1) is 0 Å². The van der Waals surface area contributed by atoms with Crippen molar-refractivity contribution in [3.8, 4) is 0 Å². The lowest BCUT2D eigenvalue weighted by atomic mass is 10.1. The fraction of sp³-hybridized carbons (Fsp3) is 0.467. The number of methoxy groups -OCH3 is 1. The normalized spacial score (nSPS) is 15.5. The molecule has 1 aliphatic rings. The number of carbonyl (C=O) groups excluding carboxylic acids is 2. The molecule has 1 aliphatic carbocycles. The van der Waals surface area contributed by atoms with Crippen LogP contribution in [0.1, 0.15) is 35.7 Å². The van der Waals surface area contributed by atoms with Crippen LogP contribution in [0.2, 0.25) is 0 Å². The van der Waals surface area contributed by atoms with Crippen LogP contribution in [0.15, 0.2) is 24.3 Å². The van der Waals surface area contributed by atoms with Crippen LogP contribution in [0.5, 0.6) is 0 Å². The Morgan fingerprint density at radius 2 is 1.95 bits per heavy atom. The number of nitrogens with one attached hydrogen (secondary N) is 2. The second kappa shape index (κ2) is 6.52. The molecule has 1 unspecified atom stereocenters. The van der Waals surface area contributed by atoms with E-state index in [4.69, 9.17) is 0 Å². The van der Waals surface area contributed by atoms with Gasteiger partial charge >= 0.3 is 5.97 Å². The van der Waals surface area contributed by atoms with Crippen molar-refractivity contribution in [2.24, 2.45) is 0 Å². The van der Waals surface area contributed by atoms with Gasteiger partial charge in [0, 0.05) is 12.6 Å². The van der Waals surface area contributed by atoms with E-state index in [-0.39, 0.29) is 17.9 Å². The maximum Gasteiger partial charge on any atom is 0.337 e. The van der Waals surface area contributed by atoms with Crippen LogP contribution >= 0.6 is 0 Å². The number of rotatable bonds is 6. The smallest absolute Gasteiger partial charge is 0.337 e. The summed E-state index contributed by atoms with van der Waals surface area (Å²) in [6, 6.07) is 7.30. The Balaban J connectivity index is 1.80. The van der Waals surface area contributed by atoms with Crippen LogP contribution in [0.3, 0.4) is 0 Å². The van der Waals surface area contributed by atoms with Gasteiger partial charge in [-0.05, 0) is 37.5 Å². The van der Waals surface area contributed by atoms with Crippen LogP contribution in [-0.2, 0) is 16.1 Å². The zero-order valence-electron chi connectivity index (χ0n) is 11.8. The summed E-state index contributed by atoms with van der Waals surface area (Å²) >= 11 is 0. The van der Waals surface area contributed by atoms with E-state index in [1.54, 1.807) is 12.1 Å². The first-order valence-corrected chi connectivity index (χ1v) is 6.81. The van der Waals surface area contributed by atoms with E-state index in [1.165, 1.54) is 7.11 Å². The first-order chi connectivity index (χ1) is 9.60. The summed E-state index contributed by atoms with van der Waals surface area (Å²) in [7, 11) is 1.36. The summed E-state index contributed by atoms with van der Waals surface area (Å²) in [5.74, 6) is -0.305. The fourth-order valence-corrected chi connectivity index (χ4v) is 1.79. The van der Waals surface area contributed by atoms with Crippen molar-refractivity contribution < 1.29 is 14.3 Å². The number of hydrogen-bond acceptors (Lipinski definition) is 4. The van der Waals surface area contributed by atoms with E-state index in [2.05, 4.69) is 15.4 Å². The zero-order valence-corrected chi connectivity index (χ0v) is 11.8. The lowest BCUT2D eigenvalue weighted by molar-refractivity contribution is -0.122. The van der Waals surface area contributed by atoms with Gasteiger partial charge in [0.05, 0.1) is 18.7 Å². The van der Waals surface area contributed by atoms with Gasteiger partial charge in [0.2, 0.25) is 5.91 Å². The highest BCUT2D eigenvalue weighted by atomic mass is 16.5. The molecule has 108 valence electrons. The predicted molar refractivity (Wildman–Crippen MR) is 75.2 cm³/mol. The molecular formula is C15H20N2O3. The maximum atomic E-state index is 11.8. The molecule has 1 aromatic rings. The topological polar surface area (TPSA) is 67.4 Å². The summed E-state index contributed by atoms with van der Waals surface area (Å²) in [5, 5.41) is 6.13. The van der Waals surface area contributed by atoms with Crippen LogP contribution in [0.4, 0.5) is 0 Å². The molecule has 2 rings (SSSR count). The van der Waals surface area contributed by atoms with E-state index in [0.29, 0.717) is 18.2 Å². The second-order valence-electron chi connectivity index (χ2n) is 5.07. The molecule has 1 aromatic carbocycles. The average molecular weight is 276 g/mol. The SMILES string of the molecule is COC(=O)c1ccc(CNC(C)C(=O)NC2CC2)cc1. The minimum absolute atomic E-state index is 0.0404. The third-order valence-corrected chi connectivity index (χ3v) is 3.30. The van der Waals surface area contributed by atoms with Crippen LogP contribution < -0.4 is 10.6 Å². The minimum atomic E-state index is -0.346. The van der Waals surface area contributed by atoms with Gasteiger partial charge in [0.15, 0.2) is 0 Å². The molecule has 1 saturated carbocycles. The molecule has 0 spiro atoms. The summed E-state index contributed by atoms with van der Waals surface area (Å²) in [5.41, 5.74) is 1.54. The minimum Gasteiger partial charge on any atom is -0.465 e. The van der Waals surface area contributed by atoms with Gasteiger partial charge in [-0.15, -0.1) is 0 Å². The number of esters is 1. The van der Waals surface area contributed by atoms with Crippen molar-refractivity contribution in [2.75, 3.05) is 7.11 Å². The number of benzene rings is 1. The monoisotopic (exact) mass is 276 g/mol. The number of ether oxygens (including phenoxy) is 1. The molecule has 20 heavy (non-hydrogen) atoms. The van der Waals surface area contributed by atoms with Gasteiger partial charge in [-0.1, -0.05) is 12.1 Å². The lowest BCUT2D eigenvalue weighted by Crippen LogP contribution is -2.42. The van der Waals surface area contributed by atoms with Crippen molar-refractivity contribution in [2.45, 2.75) is 38.4 Å². The third-order valence-electron chi connectivity index (χ3n) is 3.30. The Labute approximate surface area is 118 Å². The predicted octanol–water partition coefficient (Wildman–Crippen LogP) is 1.23. The van der Waals surface area contributed by atoms with E-state index in [1.807, 2.05) is 19.1 Å². The molecular weight excluding hydrogens is 256 g/mol. The maximum absolute atomic E-state index is 11.8. The Hall–Kier alpha value is -1.88. The molecule has 0 saturated heterocycles. The largest absolute Gasteiger partial charge is 0.465 e. The van der Waals surface area contributed by atoms with Gasteiger partial charge in [-0.2, -0.15) is 0 Å². The third kappa shape index (κ3) is 4.06. The molecule has 0 aromatic heterocycles. The molecule has 0 heterocycles. The molecule has 2 N–H and O–H groups in total. The molecule has 5 nitrogen and oxygen atoms in total. The molecule has 0 bridgehead atoms. The van der Waals surface area contributed by atoms with Crippen molar-refractivity contribution >= 4 is 11.9 Å². The number of carbonyl (C=O) groups is 2. The highest BCUT2D eigenvalue weighted by Crippen LogP contribution is 2.18. The summed E-state index contributed by atoms with van der Waals surface area (Å²) < 4.78 is 4.64. The van der Waals surface area contributed by atoms with Crippen molar-refractivity contribution in [1.82, 2.24) is 10.6 Å². The van der Waals surface area contributed by atoms with E-state index < -0.39 is 0 Å². The van der Waals surface area contributed by atoms with Gasteiger partial charge in [0.1, 0.15) is 0 Å². The second-order valence-corrected chi connectivity index (χ2v) is 5.07. The van der Waals surface area contributed by atoms with Gasteiger partial charge in [-0.3, -0.25) is 4.79 Å². The fourth-order valence-electron chi connectivity index (χ4n) is 1.79. The first-order valence-electron chi connectivity index (χ1n) is 6.81.